The van der Waals surface area contributed by atoms with Crippen molar-refractivity contribution >= 4 is 0 Å². The second-order valence-corrected chi connectivity index (χ2v) is 7.55. The van der Waals surface area contributed by atoms with Gasteiger partial charge in [0.1, 0.15) is 0 Å². The summed E-state index contributed by atoms with van der Waals surface area (Å²) in [5.41, 5.74) is 0. The highest BCUT2D eigenvalue weighted by molar-refractivity contribution is 4.39. The third kappa shape index (κ3) is 33.6. The Morgan fingerprint density at radius 3 is 0.750 bits per heavy atom. The van der Waals surface area contributed by atoms with E-state index in [-0.39, 0.29) is 6.61 Å². The maximum absolute atomic E-state index is 8.56. The van der Waals surface area contributed by atoms with Gasteiger partial charge in [0.25, 0.3) is 0 Å². The molecule has 36 heavy (non-hydrogen) atoms. The van der Waals surface area contributed by atoms with Crippen LogP contribution in [0.4, 0.5) is 0 Å². The van der Waals surface area contributed by atoms with Crippen LogP contribution in [0, 0.1) is 0 Å². The summed E-state index contributed by atoms with van der Waals surface area (Å²) in [7, 11) is 0. The standard InChI is InChI=1S/C25H52O11/c1-2-3-4-6-27-8-10-29-12-14-31-16-18-33-20-22-35-24-25-36-23-21-34-19-17-32-15-13-30-11-9-28-7-5-26/h26H,2-25H2,1H3. The topological polar surface area (TPSA) is 113 Å². The van der Waals surface area contributed by atoms with Gasteiger partial charge in [-0.2, -0.15) is 0 Å². The maximum Gasteiger partial charge on any atom is 0.0701 e. The van der Waals surface area contributed by atoms with E-state index < -0.39 is 0 Å². The molecular weight excluding hydrogens is 476 g/mol. The molecule has 0 aromatic heterocycles. The quantitative estimate of drug-likeness (QED) is 0.125. The molecule has 0 bridgehead atoms. The summed E-state index contributed by atoms with van der Waals surface area (Å²) in [6.45, 7) is 13.0. The summed E-state index contributed by atoms with van der Waals surface area (Å²) >= 11 is 0. The van der Waals surface area contributed by atoms with Crippen LogP contribution >= 0.6 is 0 Å². The number of hydrogen-bond donors (Lipinski definition) is 1. The molecule has 218 valence electrons. The van der Waals surface area contributed by atoms with Crippen LogP contribution in [0.5, 0.6) is 0 Å². The van der Waals surface area contributed by atoms with E-state index in [2.05, 4.69) is 6.92 Å². The molecule has 0 radical (unpaired) electrons. The normalized spacial score (nSPS) is 11.5. The Labute approximate surface area is 217 Å². The van der Waals surface area contributed by atoms with Gasteiger partial charge in [-0.05, 0) is 6.42 Å². The molecule has 0 atom stereocenters. The van der Waals surface area contributed by atoms with Crippen molar-refractivity contribution in [2.75, 3.05) is 139 Å². The Bertz CT molecular complexity index is 344. The molecule has 11 heteroatoms. The van der Waals surface area contributed by atoms with Crippen molar-refractivity contribution in [3.8, 4) is 0 Å². The highest BCUT2D eigenvalue weighted by Gasteiger charge is 1.96. The van der Waals surface area contributed by atoms with E-state index in [0.29, 0.717) is 126 Å². The molecule has 0 saturated heterocycles. The fourth-order valence-electron chi connectivity index (χ4n) is 2.60. The van der Waals surface area contributed by atoms with E-state index in [1.165, 1.54) is 12.8 Å². The Balaban J connectivity index is 3.00. The van der Waals surface area contributed by atoms with Gasteiger partial charge < -0.3 is 52.5 Å². The Morgan fingerprint density at radius 1 is 0.306 bits per heavy atom. The molecule has 0 unspecified atom stereocenters. The molecule has 0 aliphatic rings. The Hall–Kier alpha value is -0.440. The van der Waals surface area contributed by atoms with Crippen LogP contribution in [-0.2, 0) is 47.4 Å². The number of hydrogen-bond acceptors (Lipinski definition) is 11. The number of unbranched alkanes of at least 4 members (excludes halogenated alkanes) is 2. The number of ether oxygens (including phenoxy) is 10. The first-order chi connectivity index (χ1) is 17.9. The minimum atomic E-state index is 0.0302. The van der Waals surface area contributed by atoms with Gasteiger partial charge in [0, 0.05) is 6.61 Å². The van der Waals surface area contributed by atoms with Crippen molar-refractivity contribution in [3.63, 3.8) is 0 Å². The van der Waals surface area contributed by atoms with Crippen LogP contribution in [0.2, 0.25) is 0 Å². The first-order valence-corrected chi connectivity index (χ1v) is 13.3. The average Bonchev–Trinajstić information content (AvgIpc) is 2.89. The monoisotopic (exact) mass is 528 g/mol. The van der Waals surface area contributed by atoms with Gasteiger partial charge in [0.15, 0.2) is 0 Å². The van der Waals surface area contributed by atoms with Crippen LogP contribution < -0.4 is 0 Å². The third-order valence-corrected chi connectivity index (χ3v) is 4.48. The van der Waals surface area contributed by atoms with Crippen LogP contribution in [0.25, 0.3) is 0 Å². The molecule has 0 saturated carbocycles. The highest BCUT2D eigenvalue weighted by Crippen LogP contribution is 1.94. The van der Waals surface area contributed by atoms with Crippen molar-refractivity contribution in [3.05, 3.63) is 0 Å². The smallest absolute Gasteiger partial charge is 0.0701 e. The first kappa shape index (κ1) is 35.6. The molecule has 0 fully saturated rings. The summed E-state index contributed by atoms with van der Waals surface area (Å²) in [5, 5.41) is 8.56. The molecule has 0 amide bonds. The van der Waals surface area contributed by atoms with Gasteiger partial charge >= 0.3 is 0 Å². The first-order valence-electron chi connectivity index (χ1n) is 13.3. The van der Waals surface area contributed by atoms with Gasteiger partial charge in [-0.3, -0.25) is 0 Å². The largest absolute Gasteiger partial charge is 0.394 e. The molecule has 1 N–H and O–H groups in total. The lowest BCUT2D eigenvalue weighted by Crippen LogP contribution is -2.15. The zero-order chi connectivity index (χ0) is 26.0. The van der Waals surface area contributed by atoms with Crippen LogP contribution in [0.3, 0.4) is 0 Å². The Kier molecular flexibility index (Phi) is 34.1. The minimum Gasteiger partial charge on any atom is -0.394 e. The van der Waals surface area contributed by atoms with E-state index in [1.807, 2.05) is 0 Å². The summed E-state index contributed by atoms with van der Waals surface area (Å²) in [4.78, 5) is 0. The average molecular weight is 529 g/mol. The fraction of sp³-hybridized carbons (Fsp3) is 1.00. The summed E-state index contributed by atoms with van der Waals surface area (Å²) in [6.07, 6.45) is 3.55. The van der Waals surface area contributed by atoms with E-state index in [4.69, 9.17) is 52.5 Å². The van der Waals surface area contributed by atoms with E-state index in [1.54, 1.807) is 0 Å². The second kappa shape index (κ2) is 34.6. The zero-order valence-electron chi connectivity index (χ0n) is 22.5. The molecule has 0 aromatic carbocycles. The van der Waals surface area contributed by atoms with E-state index in [9.17, 15) is 0 Å². The SMILES string of the molecule is CCCCCOCCOCCOCCOCCOCCOCCOCCOCCOCCOCCO. The van der Waals surface area contributed by atoms with E-state index in [0.717, 1.165) is 13.0 Å². The highest BCUT2D eigenvalue weighted by atomic mass is 16.6. The van der Waals surface area contributed by atoms with Gasteiger partial charge in [-0.15, -0.1) is 0 Å². The van der Waals surface area contributed by atoms with Gasteiger partial charge in [0.2, 0.25) is 0 Å². The molecular formula is C25H52O11. The van der Waals surface area contributed by atoms with Gasteiger partial charge in [0.05, 0.1) is 132 Å². The molecule has 0 heterocycles. The second-order valence-electron chi connectivity index (χ2n) is 7.55. The fourth-order valence-corrected chi connectivity index (χ4v) is 2.60. The lowest BCUT2D eigenvalue weighted by molar-refractivity contribution is -0.0268. The van der Waals surface area contributed by atoms with Gasteiger partial charge in [-0.25, -0.2) is 0 Å². The summed E-state index contributed by atoms with van der Waals surface area (Å²) < 4.78 is 53.9. The molecule has 0 aromatic rings. The van der Waals surface area contributed by atoms with Crippen molar-refractivity contribution in [1.29, 1.82) is 0 Å². The zero-order valence-corrected chi connectivity index (χ0v) is 22.5. The maximum atomic E-state index is 8.56. The summed E-state index contributed by atoms with van der Waals surface area (Å²) in [5.74, 6) is 0. The predicted octanol–water partition coefficient (Wildman–Crippen LogP) is 1.33. The molecule has 0 spiro atoms. The van der Waals surface area contributed by atoms with Gasteiger partial charge in [-0.1, -0.05) is 19.8 Å². The number of rotatable bonds is 33. The number of aliphatic hydroxyl groups is 1. The lowest BCUT2D eigenvalue weighted by atomic mass is 10.3. The van der Waals surface area contributed by atoms with Crippen LogP contribution in [0.1, 0.15) is 26.2 Å². The van der Waals surface area contributed by atoms with Crippen molar-refractivity contribution in [2.45, 2.75) is 26.2 Å². The number of aliphatic hydroxyl groups excluding tert-OH is 1. The molecule has 0 aliphatic carbocycles. The van der Waals surface area contributed by atoms with Crippen LogP contribution in [0.15, 0.2) is 0 Å². The predicted molar refractivity (Wildman–Crippen MR) is 135 cm³/mol. The van der Waals surface area contributed by atoms with Crippen molar-refractivity contribution < 1.29 is 52.5 Å². The molecule has 0 rings (SSSR count). The lowest BCUT2D eigenvalue weighted by Gasteiger charge is -2.09. The minimum absolute atomic E-state index is 0.0302. The molecule has 0 aliphatic heterocycles. The third-order valence-electron chi connectivity index (χ3n) is 4.48. The van der Waals surface area contributed by atoms with Crippen LogP contribution in [-0.4, -0.2) is 144 Å². The van der Waals surface area contributed by atoms with Crippen molar-refractivity contribution in [1.82, 2.24) is 0 Å². The molecule has 11 nitrogen and oxygen atoms in total. The van der Waals surface area contributed by atoms with Crippen molar-refractivity contribution in [2.24, 2.45) is 0 Å². The van der Waals surface area contributed by atoms with E-state index >= 15 is 0 Å². The summed E-state index contributed by atoms with van der Waals surface area (Å²) in [6, 6.07) is 0. The Morgan fingerprint density at radius 2 is 0.528 bits per heavy atom.